The Hall–Kier alpha value is -2.29. The molecule has 1 N–H and O–H groups in total. The number of benzene rings is 1. The number of nitrogens with one attached hydrogen (secondary N) is 1. The molecule has 1 aliphatic heterocycles. The van der Waals surface area contributed by atoms with E-state index in [0.717, 1.165) is 6.26 Å². The Labute approximate surface area is 160 Å². The molecule has 27 heavy (non-hydrogen) atoms. The lowest BCUT2D eigenvalue weighted by molar-refractivity contribution is 0.0934. The molecule has 0 bridgehead atoms. The van der Waals surface area contributed by atoms with E-state index in [-0.39, 0.29) is 28.6 Å². The second kappa shape index (κ2) is 9.07. The number of carbonyl (C=O) groups is 2. The highest BCUT2D eigenvalue weighted by Crippen LogP contribution is 2.21. The molecule has 0 unspecified atom stereocenters. The molecule has 0 radical (unpaired) electrons. The summed E-state index contributed by atoms with van der Waals surface area (Å²) in [6.07, 6.45) is 1.36. The molecular weight excluding hydrogens is 370 g/mol. The van der Waals surface area contributed by atoms with Crippen molar-refractivity contribution in [3.8, 4) is 0 Å². The lowest BCUT2D eigenvalue weighted by Crippen LogP contribution is -2.39. The van der Waals surface area contributed by atoms with Crippen LogP contribution in [0.1, 0.15) is 20.3 Å². The fourth-order valence-electron chi connectivity index (χ4n) is 2.72. The monoisotopic (exact) mass is 397 g/mol. The second-order valence-electron chi connectivity index (χ2n) is 7.00. The van der Waals surface area contributed by atoms with Gasteiger partial charge in [0.25, 0.3) is 0 Å². The highest BCUT2D eigenvalue weighted by molar-refractivity contribution is 7.90. The highest BCUT2D eigenvalue weighted by atomic mass is 32.2. The molecule has 0 spiro atoms. The smallest absolute Gasteiger partial charge is 0.409 e. The van der Waals surface area contributed by atoms with E-state index < -0.39 is 9.84 Å². The second-order valence-corrected chi connectivity index (χ2v) is 8.98. The van der Waals surface area contributed by atoms with Crippen LogP contribution in [0, 0.1) is 5.92 Å². The predicted molar refractivity (Wildman–Crippen MR) is 103 cm³/mol. The number of sulfone groups is 1. The van der Waals surface area contributed by atoms with Gasteiger partial charge in [0.05, 0.1) is 17.2 Å². The maximum Gasteiger partial charge on any atom is 0.409 e. The van der Waals surface area contributed by atoms with Crippen LogP contribution < -0.4 is 5.32 Å². The number of hydrogen-bond donors (Lipinski definition) is 1. The fourth-order valence-corrected chi connectivity index (χ4v) is 3.56. The van der Waals surface area contributed by atoms with Crippen molar-refractivity contribution >= 4 is 27.6 Å². The van der Waals surface area contributed by atoms with Crippen molar-refractivity contribution in [3.63, 3.8) is 0 Å². The summed E-state index contributed by atoms with van der Waals surface area (Å²) >= 11 is 0. The number of urea groups is 1. The van der Waals surface area contributed by atoms with Crippen molar-refractivity contribution in [2.45, 2.75) is 25.2 Å². The van der Waals surface area contributed by atoms with E-state index in [0.29, 0.717) is 39.2 Å². The summed E-state index contributed by atoms with van der Waals surface area (Å²) in [5, 5.41) is 2.67. The number of carbonyl (C=O) groups excluding carboxylic acids is 2. The maximum atomic E-state index is 12.6. The number of hydrogen-bond acceptors (Lipinski definition) is 5. The Morgan fingerprint density at radius 1 is 1.11 bits per heavy atom. The first-order valence-corrected chi connectivity index (χ1v) is 10.8. The van der Waals surface area contributed by atoms with Gasteiger partial charge in [-0.05, 0) is 24.5 Å². The average Bonchev–Trinajstić information content (AvgIpc) is 2.85. The Balaban J connectivity index is 1.98. The molecule has 3 amide bonds. The van der Waals surface area contributed by atoms with E-state index in [1.54, 1.807) is 28.0 Å². The summed E-state index contributed by atoms with van der Waals surface area (Å²) in [7, 11) is -3.45. The van der Waals surface area contributed by atoms with Crippen LogP contribution in [0.15, 0.2) is 29.2 Å². The molecule has 1 saturated heterocycles. The van der Waals surface area contributed by atoms with Gasteiger partial charge in [-0.1, -0.05) is 26.0 Å². The van der Waals surface area contributed by atoms with Crippen molar-refractivity contribution < 1.29 is 22.7 Å². The Kier molecular flexibility index (Phi) is 7.06. The Morgan fingerprint density at radius 2 is 1.74 bits per heavy atom. The molecule has 0 atom stereocenters. The summed E-state index contributed by atoms with van der Waals surface area (Å²) < 4.78 is 29.0. The van der Waals surface area contributed by atoms with Gasteiger partial charge in [-0.3, -0.25) is 0 Å². The number of rotatable bonds is 4. The van der Waals surface area contributed by atoms with E-state index in [1.165, 1.54) is 6.07 Å². The van der Waals surface area contributed by atoms with Gasteiger partial charge in [0.1, 0.15) is 0 Å². The van der Waals surface area contributed by atoms with Crippen LogP contribution in [0.2, 0.25) is 0 Å². The van der Waals surface area contributed by atoms with Crippen molar-refractivity contribution in [1.29, 1.82) is 0 Å². The van der Waals surface area contributed by atoms with Crippen LogP contribution in [-0.4, -0.2) is 69.4 Å². The van der Waals surface area contributed by atoms with Gasteiger partial charge in [0.15, 0.2) is 9.84 Å². The first-order chi connectivity index (χ1) is 12.7. The van der Waals surface area contributed by atoms with Crippen LogP contribution in [0.3, 0.4) is 0 Å². The van der Waals surface area contributed by atoms with E-state index in [1.807, 2.05) is 13.8 Å². The third kappa shape index (κ3) is 6.13. The van der Waals surface area contributed by atoms with Gasteiger partial charge in [-0.25, -0.2) is 18.0 Å². The third-order valence-electron chi connectivity index (χ3n) is 4.11. The summed E-state index contributed by atoms with van der Waals surface area (Å²) in [6.45, 7) is 6.01. The maximum absolute atomic E-state index is 12.6. The van der Waals surface area contributed by atoms with Crippen molar-refractivity contribution in [3.05, 3.63) is 24.3 Å². The first-order valence-electron chi connectivity index (χ1n) is 8.95. The first kappa shape index (κ1) is 21.0. The van der Waals surface area contributed by atoms with E-state index in [4.69, 9.17) is 4.74 Å². The summed E-state index contributed by atoms with van der Waals surface area (Å²) in [5.74, 6) is 0.262. The minimum atomic E-state index is -3.45. The van der Waals surface area contributed by atoms with Crippen molar-refractivity contribution in [2.24, 2.45) is 5.92 Å². The minimum absolute atomic E-state index is 0.0760. The van der Waals surface area contributed by atoms with Gasteiger partial charge in [-0.2, -0.15) is 0 Å². The normalized spacial score (nSPS) is 15.4. The molecule has 2 rings (SSSR count). The molecule has 1 aromatic rings. The Morgan fingerprint density at radius 3 is 2.41 bits per heavy atom. The van der Waals surface area contributed by atoms with Crippen molar-refractivity contribution in [2.75, 3.05) is 44.4 Å². The van der Waals surface area contributed by atoms with Crippen LogP contribution >= 0.6 is 0 Å². The molecule has 8 nitrogen and oxygen atoms in total. The van der Waals surface area contributed by atoms with Crippen LogP contribution in [0.4, 0.5) is 15.3 Å². The third-order valence-corrected chi connectivity index (χ3v) is 5.26. The zero-order valence-electron chi connectivity index (χ0n) is 16.0. The zero-order valence-corrected chi connectivity index (χ0v) is 16.8. The number of nitrogens with zero attached hydrogens (tertiary/aromatic N) is 2. The van der Waals surface area contributed by atoms with Gasteiger partial charge >= 0.3 is 12.1 Å². The molecule has 1 aromatic carbocycles. The van der Waals surface area contributed by atoms with Gasteiger partial charge in [-0.15, -0.1) is 0 Å². The highest BCUT2D eigenvalue weighted by Gasteiger charge is 2.24. The van der Waals surface area contributed by atoms with Gasteiger partial charge in [0, 0.05) is 32.4 Å². The summed E-state index contributed by atoms with van der Waals surface area (Å²) in [5.41, 5.74) is 0.252. The lowest BCUT2D eigenvalue weighted by atomic mass is 10.2. The fraction of sp³-hybridized carbons (Fsp3) is 0.556. The van der Waals surface area contributed by atoms with E-state index in [9.17, 15) is 18.0 Å². The van der Waals surface area contributed by atoms with Crippen LogP contribution in [0.25, 0.3) is 0 Å². The zero-order chi connectivity index (χ0) is 20.0. The molecule has 0 aromatic heterocycles. The average molecular weight is 397 g/mol. The molecule has 0 aliphatic carbocycles. The van der Waals surface area contributed by atoms with E-state index in [2.05, 4.69) is 5.32 Å². The SMILES string of the molecule is CC(C)COC(=O)N1CCCN(C(=O)Nc2ccccc2S(C)(=O)=O)CC1. The van der Waals surface area contributed by atoms with E-state index >= 15 is 0 Å². The lowest BCUT2D eigenvalue weighted by Gasteiger charge is -2.23. The molecule has 1 aliphatic rings. The van der Waals surface area contributed by atoms with Crippen LogP contribution in [0.5, 0.6) is 0 Å². The summed E-state index contributed by atoms with van der Waals surface area (Å²) in [6, 6.07) is 5.91. The number of amides is 3. The molecule has 1 heterocycles. The van der Waals surface area contributed by atoms with Gasteiger partial charge in [0.2, 0.25) is 0 Å². The molecule has 150 valence electrons. The van der Waals surface area contributed by atoms with Crippen molar-refractivity contribution in [1.82, 2.24) is 9.80 Å². The quantitative estimate of drug-likeness (QED) is 0.842. The van der Waals surface area contributed by atoms with Gasteiger partial charge < -0.3 is 19.9 Å². The predicted octanol–water partition coefficient (Wildman–Crippen LogP) is 2.42. The number of ether oxygens (including phenoxy) is 1. The minimum Gasteiger partial charge on any atom is -0.449 e. The van der Waals surface area contributed by atoms with Crippen LogP contribution in [-0.2, 0) is 14.6 Å². The topological polar surface area (TPSA) is 96.0 Å². The standard InChI is InChI=1S/C18H27N3O5S/c1-14(2)13-26-18(23)21-10-6-9-20(11-12-21)17(22)19-15-7-4-5-8-16(15)27(3,24)25/h4-5,7-8,14H,6,9-13H2,1-3H3,(H,19,22). The summed E-state index contributed by atoms with van der Waals surface area (Å²) in [4.78, 5) is 27.9. The number of anilines is 1. The largest absolute Gasteiger partial charge is 0.449 e. The Bertz CT molecular complexity index is 779. The molecule has 0 saturated carbocycles. The number of para-hydroxylation sites is 1. The molecule has 9 heteroatoms. The molecule has 1 fully saturated rings. The molecular formula is C18H27N3O5S.